The van der Waals surface area contributed by atoms with Crippen LogP contribution in [0.3, 0.4) is 0 Å². The van der Waals surface area contributed by atoms with Gasteiger partial charge in [-0.1, -0.05) is 29.3 Å². The molecule has 2 aromatic carbocycles. The molecule has 20 heavy (non-hydrogen) atoms. The topological polar surface area (TPSA) is 50.2 Å². The zero-order valence-electron chi connectivity index (χ0n) is 9.93. The lowest BCUT2D eigenvalue weighted by Crippen LogP contribution is -1.94. The van der Waals surface area contributed by atoms with Crippen molar-refractivity contribution < 1.29 is 9.90 Å². The lowest BCUT2D eigenvalue weighted by Gasteiger charge is -1.98. The maximum absolute atomic E-state index is 11.0. The van der Waals surface area contributed by atoms with E-state index in [9.17, 15) is 4.79 Å². The van der Waals surface area contributed by atoms with Crippen LogP contribution in [-0.2, 0) is 0 Å². The number of halogens is 2. The fraction of sp³-hybridized carbons (Fsp3) is 0. The third-order valence-electron chi connectivity index (χ3n) is 2.80. The summed E-state index contributed by atoms with van der Waals surface area (Å²) < 4.78 is 0.825. The van der Waals surface area contributed by atoms with Crippen LogP contribution in [0.15, 0.2) is 36.4 Å². The number of carboxylic acid groups (broad SMARTS) is 1. The molecule has 0 saturated heterocycles. The Bertz CT molecular complexity index is 829. The molecule has 0 unspecified atom stereocenters. The van der Waals surface area contributed by atoms with Crippen LogP contribution >= 0.6 is 34.5 Å². The van der Waals surface area contributed by atoms with E-state index < -0.39 is 5.97 Å². The molecule has 0 saturated carbocycles. The average molecular weight is 324 g/mol. The summed E-state index contributed by atoms with van der Waals surface area (Å²) in [4.78, 5) is 15.4. The Kier molecular flexibility index (Phi) is 3.38. The Morgan fingerprint density at radius 3 is 2.60 bits per heavy atom. The highest BCUT2D eigenvalue weighted by molar-refractivity contribution is 7.21. The van der Waals surface area contributed by atoms with Gasteiger partial charge in [0, 0.05) is 5.56 Å². The van der Waals surface area contributed by atoms with Crippen molar-refractivity contribution in [2.75, 3.05) is 0 Å². The molecule has 0 aliphatic rings. The van der Waals surface area contributed by atoms with Gasteiger partial charge in [-0.3, -0.25) is 0 Å². The van der Waals surface area contributed by atoms with Gasteiger partial charge in [-0.15, -0.1) is 11.3 Å². The second-order valence-electron chi connectivity index (χ2n) is 4.14. The number of hydrogen-bond acceptors (Lipinski definition) is 3. The van der Waals surface area contributed by atoms with Gasteiger partial charge in [-0.2, -0.15) is 0 Å². The predicted octanol–water partition coefficient (Wildman–Crippen LogP) is 4.97. The summed E-state index contributed by atoms with van der Waals surface area (Å²) in [6, 6.07) is 10.2. The molecule has 1 N–H and O–H groups in total. The Balaban J connectivity index is 2.12. The number of thiazole rings is 1. The number of carbonyl (C=O) groups is 1. The van der Waals surface area contributed by atoms with Gasteiger partial charge in [0.25, 0.3) is 0 Å². The number of hydrogen-bond donors (Lipinski definition) is 1. The lowest BCUT2D eigenvalue weighted by atomic mass is 10.2. The molecule has 0 amide bonds. The SMILES string of the molecule is O=C(O)c1ccc2nc(-c3ccc(Cl)c(Cl)c3)sc2c1. The number of aromatic carboxylic acids is 1. The molecule has 0 fully saturated rings. The molecule has 0 radical (unpaired) electrons. The van der Waals surface area contributed by atoms with Crippen molar-refractivity contribution in [3.8, 4) is 10.6 Å². The van der Waals surface area contributed by atoms with Gasteiger partial charge in [0.1, 0.15) is 5.01 Å². The van der Waals surface area contributed by atoms with Crippen molar-refractivity contribution in [3.63, 3.8) is 0 Å². The number of benzene rings is 2. The van der Waals surface area contributed by atoms with Crippen LogP contribution in [0.5, 0.6) is 0 Å². The minimum absolute atomic E-state index is 0.252. The molecular formula is C14H7Cl2NO2S. The van der Waals surface area contributed by atoms with E-state index in [1.54, 1.807) is 30.3 Å². The second kappa shape index (κ2) is 5.05. The lowest BCUT2D eigenvalue weighted by molar-refractivity contribution is 0.0697. The maximum atomic E-state index is 11.0. The van der Waals surface area contributed by atoms with E-state index in [2.05, 4.69) is 4.98 Å². The first kappa shape index (κ1) is 13.4. The highest BCUT2D eigenvalue weighted by Crippen LogP contribution is 2.33. The molecule has 0 atom stereocenters. The van der Waals surface area contributed by atoms with Gasteiger partial charge in [-0.25, -0.2) is 9.78 Å². The predicted molar refractivity (Wildman–Crippen MR) is 82.0 cm³/mol. The highest BCUT2D eigenvalue weighted by atomic mass is 35.5. The third-order valence-corrected chi connectivity index (χ3v) is 4.61. The van der Waals surface area contributed by atoms with Gasteiger partial charge < -0.3 is 5.11 Å². The summed E-state index contributed by atoms with van der Waals surface area (Å²) in [5, 5.41) is 10.7. The molecule has 3 nitrogen and oxygen atoms in total. The van der Waals surface area contributed by atoms with Crippen molar-refractivity contribution in [1.82, 2.24) is 4.98 Å². The van der Waals surface area contributed by atoms with Crippen molar-refractivity contribution in [3.05, 3.63) is 52.0 Å². The smallest absolute Gasteiger partial charge is 0.335 e. The molecule has 0 aliphatic heterocycles. The Labute approximate surface area is 128 Å². The highest BCUT2D eigenvalue weighted by Gasteiger charge is 2.10. The largest absolute Gasteiger partial charge is 0.478 e. The van der Waals surface area contributed by atoms with Crippen LogP contribution in [0, 0.1) is 0 Å². The van der Waals surface area contributed by atoms with Gasteiger partial charge in [-0.05, 0) is 30.3 Å². The third kappa shape index (κ3) is 2.38. The molecule has 6 heteroatoms. The molecule has 0 bridgehead atoms. The van der Waals surface area contributed by atoms with Crippen LogP contribution in [0.2, 0.25) is 10.0 Å². The first-order valence-electron chi connectivity index (χ1n) is 5.64. The van der Waals surface area contributed by atoms with Crippen molar-refractivity contribution >= 4 is 50.7 Å². The first-order valence-corrected chi connectivity index (χ1v) is 7.21. The average Bonchev–Trinajstić information content (AvgIpc) is 2.84. The van der Waals surface area contributed by atoms with E-state index in [1.165, 1.54) is 11.3 Å². The zero-order valence-corrected chi connectivity index (χ0v) is 12.3. The van der Waals surface area contributed by atoms with E-state index in [-0.39, 0.29) is 5.56 Å². The number of carboxylic acids is 1. The number of aromatic nitrogens is 1. The normalized spacial score (nSPS) is 10.9. The van der Waals surface area contributed by atoms with Crippen LogP contribution in [0.25, 0.3) is 20.8 Å². The van der Waals surface area contributed by atoms with Crippen molar-refractivity contribution in [2.45, 2.75) is 0 Å². The summed E-state index contributed by atoms with van der Waals surface area (Å²) in [5.41, 5.74) is 1.88. The quantitative estimate of drug-likeness (QED) is 0.724. The van der Waals surface area contributed by atoms with E-state index in [4.69, 9.17) is 28.3 Å². The minimum atomic E-state index is -0.948. The Morgan fingerprint density at radius 1 is 1.10 bits per heavy atom. The van der Waals surface area contributed by atoms with E-state index >= 15 is 0 Å². The maximum Gasteiger partial charge on any atom is 0.335 e. The molecule has 1 heterocycles. The van der Waals surface area contributed by atoms with E-state index in [0.717, 1.165) is 20.8 Å². The van der Waals surface area contributed by atoms with E-state index in [1.807, 2.05) is 6.07 Å². The number of nitrogens with zero attached hydrogens (tertiary/aromatic N) is 1. The van der Waals surface area contributed by atoms with Crippen molar-refractivity contribution in [1.29, 1.82) is 0 Å². The van der Waals surface area contributed by atoms with E-state index in [0.29, 0.717) is 10.0 Å². The first-order chi connectivity index (χ1) is 9.54. The summed E-state index contributed by atoms with van der Waals surface area (Å²) >= 11 is 13.3. The molecular weight excluding hydrogens is 317 g/mol. The molecule has 3 rings (SSSR count). The fourth-order valence-corrected chi connectivity index (χ4v) is 3.11. The summed E-state index contributed by atoms with van der Waals surface area (Å²) in [5.74, 6) is -0.948. The van der Waals surface area contributed by atoms with Crippen molar-refractivity contribution in [2.24, 2.45) is 0 Å². The molecule has 0 aliphatic carbocycles. The Morgan fingerprint density at radius 2 is 1.90 bits per heavy atom. The van der Waals surface area contributed by atoms with Gasteiger partial charge in [0.2, 0.25) is 0 Å². The second-order valence-corrected chi connectivity index (χ2v) is 5.98. The van der Waals surface area contributed by atoms with Crippen LogP contribution in [-0.4, -0.2) is 16.1 Å². The summed E-state index contributed by atoms with van der Waals surface area (Å²) in [6.45, 7) is 0. The summed E-state index contributed by atoms with van der Waals surface area (Å²) in [6.07, 6.45) is 0. The monoisotopic (exact) mass is 323 g/mol. The fourth-order valence-electron chi connectivity index (χ4n) is 1.81. The number of fused-ring (bicyclic) bond motifs is 1. The van der Waals surface area contributed by atoms with Crippen LogP contribution < -0.4 is 0 Å². The Hall–Kier alpha value is -1.62. The van der Waals surface area contributed by atoms with Gasteiger partial charge in [0.05, 0.1) is 25.8 Å². The molecule has 100 valence electrons. The van der Waals surface area contributed by atoms with Crippen LogP contribution in [0.4, 0.5) is 0 Å². The van der Waals surface area contributed by atoms with Crippen LogP contribution in [0.1, 0.15) is 10.4 Å². The van der Waals surface area contributed by atoms with Gasteiger partial charge >= 0.3 is 5.97 Å². The standard InChI is InChI=1S/C14H7Cl2NO2S/c15-9-3-1-7(5-10(9)16)13-17-11-4-2-8(14(18)19)6-12(11)20-13/h1-6H,(H,18,19). The number of rotatable bonds is 2. The molecule has 1 aromatic heterocycles. The molecule has 3 aromatic rings. The molecule has 0 spiro atoms. The summed E-state index contributed by atoms with van der Waals surface area (Å²) in [7, 11) is 0. The minimum Gasteiger partial charge on any atom is -0.478 e. The zero-order chi connectivity index (χ0) is 14.3. The van der Waals surface area contributed by atoms with Gasteiger partial charge in [0.15, 0.2) is 0 Å².